The molecule has 0 radical (unpaired) electrons. The lowest BCUT2D eigenvalue weighted by atomic mass is 9.69. The molecule has 150 valence electrons. The first kappa shape index (κ1) is 18.7. The predicted octanol–water partition coefficient (Wildman–Crippen LogP) is 5.68. The van der Waals surface area contributed by atoms with Crippen LogP contribution in [0.4, 0.5) is 5.69 Å². The van der Waals surface area contributed by atoms with E-state index in [0.717, 1.165) is 42.5 Å². The largest absolute Gasteiger partial charge is 0.422 e. The van der Waals surface area contributed by atoms with Gasteiger partial charge in [-0.2, -0.15) is 0 Å². The Bertz CT molecular complexity index is 1210. The van der Waals surface area contributed by atoms with E-state index < -0.39 is 0 Å². The van der Waals surface area contributed by atoms with Gasteiger partial charge in [0, 0.05) is 35.9 Å². The molecule has 0 spiro atoms. The Hall–Kier alpha value is -2.33. The summed E-state index contributed by atoms with van der Waals surface area (Å²) in [6.45, 7) is 11.3. The minimum absolute atomic E-state index is 0.0506. The van der Waals surface area contributed by atoms with Crippen molar-refractivity contribution in [1.82, 2.24) is 4.98 Å². The van der Waals surface area contributed by atoms with Crippen LogP contribution in [0.2, 0.25) is 5.15 Å². The molecule has 0 bridgehead atoms. The molecule has 2 aliphatic rings. The van der Waals surface area contributed by atoms with E-state index in [1.165, 1.54) is 16.8 Å². The summed E-state index contributed by atoms with van der Waals surface area (Å²) in [4.78, 5) is 19.5. The minimum atomic E-state index is -0.334. The van der Waals surface area contributed by atoms with Crippen LogP contribution in [0.1, 0.15) is 51.7 Å². The monoisotopic (exact) mass is 408 g/mol. The highest BCUT2D eigenvalue weighted by atomic mass is 35.5. The summed E-state index contributed by atoms with van der Waals surface area (Å²) in [5, 5.41) is 1.34. The van der Waals surface area contributed by atoms with Gasteiger partial charge in [0.15, 0.2) is 0 Å². The van der Waals surface area contributed by atoms with Crippen molar-refractivity contribution >= 4 is 28.3 Å². The lowest BCUT2D eigenvalue weighted by molar-refractivity contribution is 0.398. The van der Waals surface area contributed by atoms with Gasteiger partial charge >= 0.3 is 5.63 Å². The molecule has 5 rings (SSSR count). The Labute approximate surface area is 175 Å². The number of fused-ring (bicyclic) bond motifs is 2. The van der Waals surface area contributed by atoms with Gasteiger partial charge in [-0.3, -0.25) is 0 Å². The van der Waals surface area contributed by atoms with Crippen LogP contribution in [0.5, 0.6) is 0 Å². The fraction of sp³-hybridized carbons (Fsp3) is 0.417. The predicted molar refractivity (Wildman–Crippen MR) is 118 cm³/mol. The SMILES string of the molecule is CC1(C)CCN2CCC(C)(C)c3c2c1cc1cc(-c2ccnc(Cl)c2)c(=O)oc31. The van der Waals surface area contributed by atoms with E-state index in [-0.39, 0.29) is 16.5 Å². The summed E-state index contributed by atoms with van der Waals surface area (Å²) < 4.78 is 6.02. The first-order valence-electron chi connectivity index (χ1n) is 10.2. The molecular formula is C24H25ClN2O2. The van der Waals surface area contributed by atoms with Gasteiger partial charge in [-0.1, -0.05) is 39.3 Å². The number of nitrogens with zero attached hydrogens (tertiary/aromatic N) is 2. The number of benzene rings is 1. The van der Waals surface area contributed by atoms with E-state index in [2.05, 4.69) is 43.6 Å². The molecule has 0 N–H and O–H groups in total. The van der Waals surface area contributed by atoms with Crippen LogP contribution in [-0.2, 0) is 10.8 Å². The molecule has 4 heterocycles. The lowest BCUT2D eigenvalue weighted by Crippen LogP contribution is -2.44. The molecular weight excluding hydrogens is 384 g/mol. The molecule has 0 saturated heterocycles. The van der Waals surface area contributed by atoms with Crippen molar-refractivity contribution in [3.63, 3.8) is 0 Å². The molecule has 5 heteroatoms. The van der Waals surface area contributed by atoms with E-state index in [9.17, 15) is 4.79 Å². The number of hydrogen-bond acceptors (Lipinski definition) is 4. The molecule has 4 nitrogen and oxygen atoms in total. The van der Waals surface area contributed by atoms with Gasteiger partial charge in [0.1, 0.15) is 10.7 Å². The number of rotatable bonds is 1. The fourth-order valence-electron chi connectivity index (χ4n) is 4.92. The van der Waals surface area contributed by atoms with E-state index in [0.29, 0.717) is 10.7 Å². The number of anilines is 1. The molecule has 0 fully saturated rings. The van der Waals surface area contributed by atoms with Crippen molar-refractivity contribution in [3.8, 4) is 11.1 Å². The van der Waals surface area contributed by atoms with Crippen molar-refractivity contribution in [1.29, 1.82) is 0 Å². The first-order chi connectivity index (χ1) is 13.7. The normalized spacial score (nSPS) is 19.3. The lowest BCUT2D eigenvalue weighted by Gasteiger charge is -2.48. The molecule has 29 heavy (non-hydrogen) atoms. The van der Waals surface area contributed by atoms with Gasteiger partial charge in [0.05, 0.1) is 5.56 Å². The van der Waals surface area contributed by atoms with Crippen LogP contribution >= 0.6 is 11.6 Å². The fourth-order valence-corrected chi connectivity index (χ4v) is 5.10. The molecule has 0 aliphatic carbocycles. The van der Waals surface area contributed by atoms with Crippen molar-refractivity contribution < 1.29 is 4.42 Å². The van der Waals surface area contributed by atoms with E-state index in [1.54, 1.807) is 18.3 Å². The molecule has 0 saturated carbocycles. The van der Waals surface area contributed by atoms with Crippen LogP contribution < -0.4 is 10.5 Å². The van der Waals surface area contributed by atoms with E-state index >= 15 is 0 Å². The number of halogens is 1. The molecule has 2 aromatic heterocycles. The molecule has 2 aliphatic heterocycles. The van der Waals surface area contributed by atoms with Crippen LogP contribution in [-0.4, -0.2) is 18.1 Å². The first-order valence-corrected chi connectivity index (χ1v) is 10.6. The summed E-state index contributed by atoms with van der Waals surface area (Å²) in [6, 6.07) is 7.69. The van der Waals surface area contributed by atoms with Crippen LogP contribution in [0.3, 0.4) is 0 Å². The maximum atomic E-state index is 13.0. The molecule has 3 aromatic rings. The van der Waals surface area contributed by atoms with Crippen molar-refractivity contribution in [2.45, 2.75) is 51.4 Å². The zero-order valence-electron chi connectivity index (χ0n) is 17.3. The summed E-state index contributed by atoms with van der Waals surface area (Å²) in [5.74, 6) is 0. The quantitative estimate of drug-likeness (QED) is 0.384. The second-order valence-electron chi connectivity index (χ2n) is 9.64. The number of pyridine rings is 1. The van der Waals surface area contributed by atoms with Crippen LogP contribution in [0.25, 0.3) is 22.1 Å². The standard InChI is InChI=1S/C24H25ClN2O2/c1-23(2)6-9-27-10-7-24(3,4)19-20(27)17(23)12-15-11-16(22(28)29-21(15)19)14-5-8-26-18(25)13-14/h5,8,11-13H,6-7,9-10H2,1-4H3. The van der Waals surface area contributed by atoms with Crippen LogP contribution in [0.15, 0.2) is 39.7 Å². The smallest absolute Gasteiger partial charge is 0.344 e. The molecule has 0 amide bonds. The highest BCUT2D eigenvalue weighted by Gasteiger charge is 2.41. The zero-order valence-corrected chi connectivity index (χ0v) is 18.1. The Kier molecular flexibility index (Phi) is 3.92. The summed E-state index contributed by atoms with van der Waals surface area (Å²) in [5.41, 5.74) is 5.49. The average molecular weight is 409 g/mol. The summed E-state index contributed by atoms with van der Waals surface area (Å²) >= 11 is 6.06. The van der Waals surface area contributed by atoms with E-state index in [1.807, 2.05) is 6.07 Å². The maximum Gasteiger partial charge on any atom is 0.344 e. The molecule has 0 atom stereocenters. The third kappa shape index (κ3) is 2.80. The third-order valence-electron chi connectivity index (χ3n) is 6.77. The van der Waals surface area contributed by atoms with Crippen molar-refractivity contribution in [3.05, 3.63) is 57.2 Å². The van der Waals surface area contributed by atoms with E-state index in [4.69, 9.17) is 16.0 Å². The van der Waals surface area contributed by atoms with Crippen molar-refractivity contribution in [2.24, 2.45) is 0 Å². The molecule has 1 aromatic carbocycles. The third-order valence-corrected chi connectivity index (χ3v) is 6.98. The maximum absolute atomic E-state index is 13.0. The Morgan fingerprint density at radius 1 is 1.07 bits per heavy atom. The Morgan fingerprint density at radius 3 is 2.52 bits per heavy atom. The number of aromatic nitrogens is 1. The summed E-state index contributed by atoms with van der Waals surface area (Å²) in [6.07, 6.45) is 3.78. The molecule has 0 unspecified atom stereocenters. The average Bonchev–Trinajstić information content (AvgIpc) is 2.65. The minimum Gasteiger partial charge on any atom is -0.422 e. The van der Waals surface area contributed by atoms with Gasteiger partial charge in [0.2, 0.25) is 0 Å². The van der Waals surface area contributed by atoms with Gasteiger partial charge in [-0.05, 0) is 59.1 Å². The topological polar surface area (TPSA) is 46.3 Å². The van der Waals surface area contributed by atoms with Gasteiger partial charge < -0.3 is 9.32 Å². The highest BCUT2D eigenvalue weighted by molar-refractivity contribution is 6.29. The highest BCUT2D eigenvalue weighted by Crippen LogP contribution is 2.51. The zero-order chi connectivity index (χ0) is 20.6. The van der Waals surface area contributed by atoms with Gasteiger partial charge in [0.25, 0.3) is 0 Å². The summed E-state index contributed by atoms with van der Waals surface area (Å²) in [7, 11) is 0. The second-order valence-corrected chi connectivity index (χ2v) is 10.0. The Morgan fingerprint density at radius 2 is 1.79 bits per heavy atom. The van der Waals surface area contributed by atoms with Gasteiger partial charge in [-0.25, -0.2) is 9.78 Å². The second kappa shape index (κ2) is 6.09. The Balaban J connectivity index is 1.87. The van der Waals surface area contributed by atoms with Gasteiger partial charge in [-0.15, -0.1) is 0 Å². The van der Waals surface area contributed by atoms with Crippen molar-refractivity contribution in [2.75, 3.05) is 18.0 Å². The number of hydrogen-bond donors (Lipinski definition) is 0. The van der Waals surface area contributed by atoms with Crippen LogP contribution in [0, 0.1) is 0 Å².